The number of halogens is 1. The lowest BCUT2D eigenvalue weighted by Crippen LogP contribution is -2.23. The third kappa shape index (κ3) is 2.55. The molecule has 1 amide bonds. The maximum atomic E-state index is 11.4. The molecule has 8 heavy (non-hydrogen) atoms. The van der Waals surface area contributed by atoms with Gasteiger partial charge in [-0.25, -0.2) is 4.39 Å². The zero-order valence-electron chi connectivity index (χ0n) is 4.93. The van der Waals surface area contributed by atoms with E-state index in [4.69, 9.17) is 0 Å². The predicted molar refractivity (Wildman–Crippen MR) is 29.3 cm³/mol. The van der Waals surface area contributed by atoms with Gasteiger partial charge in [0.2, 0.25) is 6.41 Å². The average molecular weight is 119 g/mol. The van der Waals surface area contributed by atoms with Crippen LogP contribution in [0.4, 0.5) is 4.39 Å². The van der Waals surface area contributed by atoms with Crippen molar-refractivity contribution in [2.45, 2.75) is 6.92 Å². The summed E-state index contributed by atoms with van der Waals surface area (Å²) in [5, 5.41) is 0. The highest BCUT2D eigenvalue weighted by Crippen LogP contribution is 1.79. The van der Waals surface area contributed by atoms with Gasteiger partial charge in [0, 0.05) is 13.1 Å². The summed E-state index contributed by atoms with van der Waals surface area (Å²) in [6.07, 6.45) is 0.652. The second kappa shape index (κ2) is 4.56. The molecule has 2 nitrogen and oxygen atoms in total. The predicted octanol–water partition coefficient (Wildman–Crippen LogP) is 0.434. The molecule has 0 aliphatic carbocycles. The molecule has 0 heterocycles. The first-order valence-electron chi connectivity index (χ1n) is 2.60. The molecule has 0 aliphatic rings. The van der Waals surface area contributed by atoms with Gasteiger partial charge in [0.1, 0.15) is 6.67 Å². The third-order valence-electron chi connectivity index (χ3n) is 0.927. The van der Waals surface area contributed by atoms with E-state index >= 15 is 0 Å². The van der Waals surface area contributed by atoms with E-state index in [-0.39, 0.29) is 6.54 Å². The van der Waals surface area contributed by atoms with E-state index in [1.54, 1.807) is 0 Å². The zero-order valence-corrected chi connectivity index (χ0v) is 4.93. The Hall–Kier alpha value is -0.600. The van der Waals surface area contributed by atoms with E-state index in [2.05, 4.69) is 0 Å². The molecule has 0 saturated heterocycles. The van der Waals surface area contributed by atoms with Gasteiger partial charge in [0.05, 0.1) is 0 Å². The Balaban J connectivity index is 3.21. The molecule has 0 aromatic heterocycles. The Morgan fingerprint density at radius 2 is 2.38 bits per heavy atom. The fourth-order valence-corrected chi connectivity index (χ4v) is 0.394. The minimum absolute atomic E-state index is 0.222. The van der Waals surface area contributed by atoms with Crippen LogP contribution < -0.4 is 0 Å². The van der Waals surface area contributed by atoms with Gasteiger partial charge in [-0.2, -0.15) is 0 Å². The fraction of sp³-hybridized carbons (Fsp3) is 0.800. The van der Waals surface area contributed by atoms with Gasteiger partial charge in [0.25, 0.3) is 0 Å². The summed E-state index contributed by atoms with van der Waals surface area (Å²) in [7, 11) is 0. The number of carbonyl (C=O) groups is 1. The van der Waals surface area contributed by atoms with Crippen molar-refractivity contribution in [3.05, 3.63) is 0 Å². The standard InChI is InChI=1S/C5H10FNO/c1-2-7(5-8)4-3-6/h5H,2-4H2,1H3. The van der Waals surface area contributed by atoms with Crippen LogP contribution in [0.5, 0.6) is 0 Å². The lowest BCUT2D eigenvalue weighted by Gasteiger charge is -2.10. The fourth-order valence-electron chi connectivity index (χ4n) is 0.394. The first kappa shape index (κ1) is 7.40. The lowest BCUT2D eigenvalue weighted by molar-refractivity contribution is -0.118. The zero-order chi connectivity index (χ0) is 6.41. The van der Waals surface area contributed by atoms with Crippen molar-refractivity contribution in [3.8, 4) is 0 Å². The molecular weight excluding hydrogens is 109 g/mol. The number of hydrogen-bond acceptors (Lipinski definition) is 1. The molecule has 0 aliphatic heterocycles. The highest BCUT2D eigenvalue weighted by molar-refractivity contribution is 5.46. The smallest absolute Gasteiger partial charge is 0.209 e. The summed E-state index contributed by atoms with van der Waals surface area (Å²) in [5.41, 5.74) is 0. The summed E-state index contributed by atoms with van der Waals surface area (Å²) in [5.74, 6) is 0. The van der Waals surface area contributed by atoms with Crippen molar-refractivity contribution in [1.29, 1.82) is 0 Å². The van der Waals surface area contributed by atoms with E-state index < -0.39 is 6.67 Å². The van der Waals surface area contributed by atoms with Crippen LogP contribution in [0.1, 0.15) is 6.92 Å². The second-order valence-corrected chi connectivity index (χ2v) is 1.42. The van der Waals surface area contributed by atoms with Crippen LogP contribution in [0.25, 0.3) is 0 Å². The van der Waals surface area contributed by atoms with Gasteiger partial charge in [-0.3, -0.25) is 4.79 Å². The van der Waals surface area contributed by atoms with E-state index in [0.717, 1.165) is 0 Å². The molecule has 0 atom stereocenters. The molecule has 0 spiro atoms. The highest BCUT2D eigenvalue weighted by Gasteiger charge is 1.93. The maximum absolute atomic E-state index is 11.4. The van der Waals surface area contributed by atoms with E-state index in [9.17, 15) is 9.18 Å². The first-order valence-corrected chi connectivity index (χ1v) is 2.60. The molecule has 0 fully saturated rings. The van der Waals surface area contributed by atoms with Crippen LogP contribution in [-0.2, 0) is 4.79 Å². The Labute approximate surface area is 48.3 Å². The molecule has 0 unspecified atom stereocenters. The largest absolute Gasteiger partial charge is 0.343 e. The van der Waals surface area contributed by atoms with Crippen molar-refractivity contribution in [2.24, 2.45) is 0 Å². The Bertz CT molecular complexity index is 67.4. The number of alkyl halides is 1. The van der Waals surface area contributed by atoms with E-state index in [1.807, 2.05) is 6.92 Å². The molecule has 0 saturated carbocycles. The Morgan fingerprint density at radius 3 is 2.50 bits per heavy atom. The number of amides is 1. The molecule has 3 heteroatoms. The quantitative estimate of drug-likeness (QED) is 0.491. The van der Waals surface area contributed by atoms with Gasteiger partial charge in [-0.15, -0.1) is 0 Å². The van der Waals surface area contributed by atoms with Crippen molar-refractivity contribution in [1.82, 2.24) is 4.90 Å². The summed E-state index contributed by atoms with van der Waals surface area (Å²) >= 11 is 0. The van der Waals surface area contributed by atoms with Crippen LogP contribution in [0.3, 0.4) is 0 Å². The lowest BCUT2D eigenvalue weighted by atomic mass is 10.6. The highest BCUT2D eigenvalue weighted by atomic mass is 19.1. The first-order chi connectivity index (χ1) is 3.85. The van der Waals surface area contributed by atoms with Gasteiger partial charge in [-0.05, 0) is 6.92 Å². The molecule has 0 aromatic carbocycles. The van der Waals surface area contributed by atoms with Crippen LogP contribution in [0, 0.1) is 0 Å². The Kier molecular flexibility index (Phi) is 4.21. The maximum Gasteiger partial charge on any atom is 0.209 e. The number of hydrogen-bond donors (Lipinski definition) is 0. The monoisotopic (exact) mass is 119 g/mol. The molecular formula is C5H10FNO. The summed E-state index contributed by atoms with van der Waals surface area (Å²) in [6.45, 7) is 2.17. The summed E-state index contributed by atoms with van der Waals surface area (Å²) in [4.78, 5) is 11.3. The van der Waals surface area contributed by atoms with Crippen molar-refractivity contribution in [3.63, 3.8) is 0 Å². The number of nitrogens with zero attached hydrogens (tertiary/aromatic N) is 1. The normalized spacial score (nSPS) is 8.75. The van der Waals surface area contributed by atoms with E-state index in [0.29, 0.717) is 13.0 Å². The molecule has 0 N–H and O–H groups in total. The third-order valence-corrected chi connectivity index (χ3v) is 0.927. The van der Waals surface area contributed by atoms with Gasteiger partial charge in [-0.1, -0.05) is 0 Å². The van der Waals surface area contributed by atoms with Gasteiger partial charge >= 0.3 is 0 Å². The Morgan fingerprint density at radius 1 is 1.75 bits per heavy atom. The molecule has 0 aromatic rings. The average Bonchev–Trinajstić information content (AvgIpc) is 1.83. The SMILES string of the molecule is CCN(C=O)CCF. The van der Waals surface area contributed by atoms with Gasteiger partial charge in [0.15, 0.2) is 0 Å². The van der Waals surface area contributed by atoms with Crippen LogP contribution in [0.2, 0.25) is 0 Å². The van der Waals surface area contributed by atoms with Crippen LogP contribution in [-0.4, -0.2) is 31.1 Å². The second-order valence-electron chi connectivity index (χ2n) is 1.42. The van der Waals surface area contributed by atoms with Crippen molar-refractivity contribution >= 4 is 6.41 Å². The molecule has 0 bridgehead atoms. The number of rotatable bonds is 4. The van der Waals surface area contributed by atoms with Crippen LogP contribution >= 0.6 is 0 Å². The number of carbonyl (C=O) groups excluding carboxylic acids is 1. The topological polar surface area (TPSA) is 20.3 Å². The van der Waals surface area contributed by atoms with E-state index in [1.165, 1.54) is 4.90 Å². The minimum Gasteiger partial charge on any atom is -0.343 e. The van der Waals surface area contributed by atoms with Gasteiger partial charge < -0.3 is 4.90 Å². The molecule has 48 valence electrons. The van der Waals surface area contributed by atoms with Crippen molar-refractivity contribution < 1.29 is 9.18 Å². The van der Waals surface area contributed by atoms with Crippen molar-refractivity contribution in [2.75, 3.05) is 19.8 Å². The molecule has 0 rings (SSSR count). The molecule has 0 radical (unpaired) electrons. The van der Waals surface area contributed by atoms with Crippen LogP contribution in [0.15, 0.2) is 0 Å². The summed E-state index contributed by atoms with van der Waals surface area (Å²) < 4.78 is 11.4. The summed E-state index contributed by atoms with van der Waals surface area (Å²) in [6, 6.07) is 0. The minimum atomic E-state index is -0.452.